The molecule has 0 saturated heterocycles. The molecule has 1 rings (SSSR count). The maximum Gasteiger partial charge on any atom is 0.152 e. The highest BCUT2D eigenvalue weighted by atomic mass is 35.5. The van der Waals surface area contributed by atoms with Crippen molar-refractivity contribution in [2.45, 2.75) is 0 Å². The summed E-state index contributed by atoms with van der Waals surface area (Å²) >= 11 is 5.63. The Kier molecular flexibility index (Phi) is 2.20. The van der Waals surface area contributed by atoms with E-state index < -0.39 is 0 Å². The maximum absolute atomic E-state index is 10.3. The second-order valence-corrected chi connectivity index (χ2v) is 2.53. The van der Waals surface area contributed by atoms with Crippen LogP contribution in [-0.2, 0) is 0 Å². The highest BCUT2D eigenvalue weighted by Gasteiger charge is 2.02. The monoisotopic (exact) mass is 165 g/mol. The lowest BCUT2D eigenvalue weighted by Crippen LogP contribution is -2.06. The molecule has 0 aliphatic carbocycles. The first kappa shape index (κ1) is 8.14. The Hall–Kier alpha value is -0.955. The molecular formula is C7H5BClNO. The van der Waals surface area contributed by atoms with Crippen LogP contribution in [0.15, 0.2) is 12.1 Å². The summed E-state index contributed by atoms with van der Waals surface area (Å²) in [5.41, 5.74) is 6.48. The third-order valence-electron chi connectivity index (χ3n) is 1.31. The number of nitrogens with two attached hydrogens (primary N) is 1. The Morgan fingerprint density at radius 2 is 2.18 bits per heavy atom. The van der Waals surface area contributed by atoms with Crippen molar-refractivity contribution < 1.29 is 4.79 Å². The number of halogens is 1. The van der Waals surface area contributed by atoms with Crippen LogP contribution in [0.4, 0.5) is 5.69 Å². The fourth-order valence-corrected chi connectivity index (χ4v) is 0.994. The Bertz CT molecular complexity index is 301. The fraction of sp³-hybridized carbons (Fsp3) is 0. The molecule has 2 nitrogen and oxygen atoms in total. The van der Waals surface area contributed by atoms with E-state index in [1.165, 1.54) is 12.1 Å². The van der Waals surface area contributed by atoms with Gasteiger partial charge in [-0.15, -0.1) is 0 Å². The largest absolute Gasteiger partial charge is 0.397 e. The van der Waals surface area contributed by atoms with E-state index in [-0.39, 0.29) is 5.69 Å². The van der Waals surface area contributed by atoms with Crippen LogP contribution in [0.25, 0.3) is 0 Å². The van der Waals surface area contributed by atoms with Gasteiger partial charge in [-0.3, -0.25) is 4.79 Å². The summed E-state index contributed by atoms with van der Waals surface area (Å²) in [4.78, 5) is 10.3. The molecule has 0 fully saturated rings. The van der Waals surface area contributed by atoms with E-state index in [4.69, 9.17) is 25.2 Å². The van der Waals surface area contributed by atoms with Gasteiger partial charge in [-0.05, 0) is 6.07 Å². The van der Waals surface area contributed by atoms with E-state index in [0.29, 0.717) is 22.3 Å². The van der Waals surface area contributed by atoms with Crippen LogP contribution in [0.3, 0.4) is 0 Å². The molecule has 1 aromatic rings. The van der Waals surface area contributed by atoms with Crippen molar-refractivity contribution in [2.24, 2.45) is 0 Å². The number of hydrogen-bond donors (Lipinski definition) is 1. The van der Waals surface area contributed by atoms with Gasteiger partial charge in [-0.2, -0.15) is 0 Å². The van der Waals surface area contributed by atoms with E-state index >= 15 is 0 Å². The molecule has 0 aliphatic rings. The third kappa shape index (κ3) is 1.55. The summed E-state index contributed by atoms with van der Waals surface area (Å²) in [5.74, 6) is 0. The minimum Gasteiger partial charge on any atom is -0.397 e. The van der Waals surface area contributed by atoms with Gasteiger partial charge in [0.05, 0.1) is 10.7 Å². The molecule has 11 heavy (non-hydrogen) atoms. The predicted octanol–water partition coefficient (Wildman–Crippen LogP) is 0.529. The molecule has 0 spiro atoms. The van der Waals surface area contributed by atoms with Gasteiger partial charge < -0.3 is 5.73 Å². The summed E-state index contributed by atoms with van der Waals surface area (Å²) in [6.45, 7) is 0. The fourth-order valence-electron chi connectivity index (χ4n) is 0.758. The highest BCUT2D eigenvalue weighted by molar-refractivity contribution is 6.38. The number of anilines is 1. The second kappa shape index (κ2) is 2.97. The number of carbonyl (C=O) groups excluding carboxylic acids is 1. The first-order valence-corrected chi connectivity index (χ1v) is 3.32. The average Bonchev–Trinajstić information content (AvgIpc) is 1.96. The average molecular weight is 165 g/mol. The third-order valence-corrected chi connectivity index (χ3v) is 1.62. The predicted molar refractivity (Wildman–Crippen MR) is 46.6 cm³/mol. The Morgan fingerprint density at radius 3 is 2.73 bits per heavy atom. The summed E-state index contributed by atoms with van der Waals surface area (Å²) in [6.07, 6.45) is 0.623. The first-order valence-electron chi connectivity index (χ1n) is 2.95. The molecule has 0 amide bonds. The van der Waals surface area contributed by atoms with Crippen molar-refractivity contribution in [1.29, 1.82) is 0 Å². The molecule has 2 N–H and O–H groups in total. The molecule has 0 heterocycles. The molecule has 0 unspecified atom stereocenters. The van der Waals surface area contributed by atoms with Crippen molar-refractivity contribution in [2.75, 3.05) is 5.73 Å². The van der Waals surface area contributed by atoms with E-state index in [9.17, 15) is 4.79 Å². The topological polar surface area (TPSA) is 43.1 Å². The molecule has 0 aromatic heterocycles. The molecule has 0 aliphatic heterocycles. The van der Waals surface area contributed by atoms with Crippen LogP contribution < -0.4 is 11.2 Å². The normalized spacial score (nSPS) is 9.55. The Labute approximate surface area is 70.8 Å². The lowest BCUT2D eigenvalue weighted by Gasteiger charge is -2.02. The van der Waals surface area contributed by atoms with Crippen LogP contribution in [0.5, 0.6) is 0 Å². The number of hydrogen-bond acceptors (Lipinski definition) is 2. The second-order valence-electron chi connectivity index (χ2n) is 2.12. The van der Waals surface area contributed by atoms with Crippen LogP contribution in [0, 0.1) is 0 Å². The van der Waals surface area contributed by atoms with Crippen LogP contribution in [0.2, 0.25) is 5.02 Å². The van der Waals surface area contributed by atoms with E-state index in [0.717, 1.165) is 0 Å². The van der Waals surface area contributed by atoms with Gasteiger partial charge >= 0.3 is 0 Å². The highest BCUT2D eigenvalue weighted by Crippen LogP contribution is 2.19. The van der Waals surface area contributed by atoms with Crippen molar-refractivity contribution in [3.63, 3.8) is 0 Å². The van der Waals surface area contributed by atoms with Gasteiger partial charge in [0.25, 0.3) is 0 Å². The van der Waals surface area contributed by atoms with Crippen molar-refractivity contribution >= 4 is 36.9 Å². The SMILES string of the molecule is [B]c1cc(Cl)c(N)c(C=O)c1. The summed E-state index contributed by atoms with van der Waals surface area (Å²) in [6, 6.07) is 2.98. The molecule has 54 valence electrons. The summed E-state index contributed by atoms with van der Waals surface area (Å²) in [5, 5.41) is 0.312. The smallest absolute Gasteiger partial charge is 0.152 e. The lowest BCUT2D eigenvalue weighted by atomic mass is 9.94. The Balaban J connectivity index is 3.35. The molecule has 0 atom stereocenters. The Morgan fingerprint density at radius 1 is 1.55 bits per heavy atom. The zero-order valence-corrected chi connectivity index (χ0v) is 6.43. The van der Waals surface area contributed by atoms with Crippen LogP contribution >= 0.6 is 11.6 Å². The van der Waals surface area contributed by atoms with Crippen molar-refractivity contribution in [3.8, 4) is 0 Å². The molecular weight excluding hydrogens is 160 g/mol. The number of aldehydes is 1. The number of nitrogen functional groups attached to an aromatic ring is 1. The van der Waals surface area contributed by atoms with Crippen LogP contribution in [0.1, 0.15) is 10.4 Å². The van der Waals surface area contributed by atoms with Gasteiger partial charge in [-0.1, -0.05) is 23.1 Å². The molecule has 0 saturated carbocycles. The van der Waals surface area contributed by atoms with Crippen LogP contribution in [-0.4, -0.2) is 14.1 Å². The summed E-state index contributed by atoms with van der Waals surface area (Å²) < 4.78 is 0. The summed E-state index contributed by atoms with van der Waals surface area (Å²) in [7, 11) is 5.40. The quantitative estimate of drug-likeness (QED) is 0.375. The molecule has 0 bridgehead atoms. The number of carbonyl (C=O) groups is 1. The van der Waals surface area contributed by atoms with E-state index in [1.54, 1.807) is 0 Å². The zero-order chi connectivity index (χ0) is 8.43. The number of benzene rings is 1. The zero-order valence-electron chi connectivity index (χ0n) is 5.67. The van der Waals surface area contributed by atoms with E-state index in [1.807, 2.05) is 0 Å². The number of rotatable bonds is 1. The van der Waals surface area contributed by atoms with Gasteiger partial charge in [-0.25, -0.2) is 0 Å². The van der Waals surface area contributed by atoms with Gasteiger partial charge in [0.1, 0.15) is 7.85 Å². The van der Waals surface area contributed by atoms with Crippen molar-refractivity contribution in [1.82, 2.24) is 0 Å². The lowest BCUT2D eigenvalue weighted by molar-refractivity contribution is 0.112. The van der Waals surface area contributed by atoms with Gasteiger partial charge in [0.15, 0.2) is 6.29 Å². The van der Waals surface area contributed by atoms with Crippen molar-refractivity contribution in [3.05, 3.63) is 22.7 Å². The minimum absolute atomic E-state index is 0.274. The molecule has 2 radical (unpaired) electrons. The minimum atomic E-state index is 0.274. The molecule has 1 aromatic carbocycles. The first-order chi connectivity index (χ1) is 5.15. The maximum atomic E-state index is 10.3. The van der Waals surface area contributed by atoms with Gasteiger partial charge in [0, 0.05) is 5.56 Å². The van der Waals surface area contributed by atoms with Gasteiger partial charge in [0.2, 0.25) is 0 Å². The molecule has 4 heteroatoms. The van der Waals surface area contributed by atoms with E-state index in [2.05, 4.69) is 0 Å². The standard InChI is InChI=1S/C7H5BClNO/c8-5-1-4(3-11)7(10)6(9)2-5/h1-3H,10H2.